The number of halogens is 4. The number of aromatic amines is 1. The minimum Gasteiger partial charge on any atom is -0.463 e. The van der Waals surface area contributed by atoms with E-state index in [0.29, 0.717) is 17.0 Å². The topological polar surface area (TPSA) is 84.9 Å². The van der Waals surface area contributed by atoms with E-state index in [0.717, 1.165) is 17.7 Å². The van der Waals surface area contributed by atoms with Gasteiger partial charge in [-0.2, -0.15) is 18.2 Å². The Labute approximate surface area is 186 Å². The second kappa shape index (κ2) is 9.52. The van der Waals surface area contributed by atoms with Crippen LogP contribution in [0.5, 0.6) is 0 Å². The van der Waals surface area contributed by atoms with Crippen molar-refractivity contribution in [1.29, 1.82) is 0 Å². The van der Waals surface area contributed by atoms with E-state index in [9.17, 15) is 22.8 Å². The molecule has 1 N–H and O–H groups in total. The summed E-state index contributed by atoms with van der Waals surface area (Å²) < 4.78 is 43.5. The SMILES string of the molecule is CC(C)OC(=O)CCc1ccc(Cl)c(-c2nc(-c3ccc(C(F)(F)F)cc3)nc(=O)[nH]2)c1. The standard InChI is InChI=1S/C22H19ClF3N3O3/c1-12(2)32-18(30)10-4-13-3-9-17(23)16(11-13)20-27-19(28-21(31)29-20)14-5-7-15(8-6-14)22(24,25)26/h3,5-9,11-12H,4,10H2,1-2H3,(H,27,28,29,31). The molecule has 0 saturated heterocycles. The maximum atomic E-state index is 12.8. The summed E-state index contributed by atoms with van der Waals surface area (Å²) in [7, 11) is 0. The lowest BCUT2D eigenvalue weighted by Gasteiger charge is -2.10. The second-order valence-corrected chi connectivity index (χ2v) is 7.66. The molecule has 0 aliphatic rings. The number of alkyl halides is 3. The second-order valence-electron chi connectivity index (χ2n) is 7.25. The molecule has 3 rings (SSSR count). The predicted octanol–water partition coefficient (Wildman–Crippen LogP) is 5.06. The number of rotatable bonds is 6. The van der Waals surface area contributed by atoms with Gasteiger partial charge in [-0.25, -0.2) is 9.78 Å². The molecular formula is C22H19ClF3N3O3. The van der Waals surface area contributed by atoms with Gasteiger partial charge in [0.2, 0.25) is 0 Å². The number of nitrogens with zero attached hydrogens (tertiary/aromatic N) is 2. The number of esters is 1. The van der Waals surface area contributed by atoms with Crippen LogP contribution in [-0.4, -0.2) is 27.0 Å². The van der Waals surface area contributed by atoms with E-state index in [1.54, 1.807) is 32.0 Å². The van der Waals surface area contributed by atoms with Gasteiger partial charge in [0.05, 0.1) is 16.7 Å². The monoisotopic (exact) mass is 465 g/mol. The number of benzene rings is 2. The van der Waals surface area contributed by atoms with Gasteiger partial charge in [-0.05, 0) is 50.1 Å². The highest BCUT2D eigenvalue weighted by Crippen LogP contribution is 2.31. The summed E-state index contributed by atoms with van der Waals surface area (Å²) in [5.41, 5.74) is -0.145. The normalized spacial score (nSPS) is 11.6. The number of aryl methyl sites for hydroxylation is 1. The molecular weight excluding hydrogens is 447 g/mol. The van der Waals surface area contributed by atoms with Crippen LogP contribution in [0.1, 0.15) is 31.4 Å². The highest BCUT2D eigenvalue weighted by molar-refractivity contribution is 6.33. The molecule has 32 heavy (non-hydrogen) atoms. The van der Waals surface area contributed by atoms with Crippen molar-refractivity contribution in [2.45, 2.75) is 39.0 Å². The zero-order valence-corrected chi connectivity index (χ0v) is 17.9. The van der Waals surface area contributed by atoms with Crippen molar-refractivity contribution in [1.82, 2.24) is 15.0 Å². The molecule has 3 aromatic rings. The van der Waals surface area contributed by atoms with E-state index in [-0.39, 0.29) is 35.7 Å². The fourth-order valence-corrected chi connectivity index (χ4v) is 3.13. The van der Waals surface area contributed by atoms with Gasteiger partial charge >= 0.3 is 17.8 Å². The Kier molecular flexibility index (Phi) is 6.98. The third-order valence-corrected chi connectivity index (χ3v) is 4.72. The van der Waals surface area contributed by atoms with Gasteiger partial charge in [0.15, 0.2) is 5.82 Å². The van der Waals surface area contributed by atoms with Gasteiger partial charge in [-0.3, -0.25) is 9.78 Å². The van der Waals surface area contributed by atoms with Crippen LogP contribution in [0.3, 0.4) is 0 Å². The maximum Gasteiger partial charge on any atom is 0.416 e. The fourth-order valence-electron chi connectivity index (χ4n) is 2.93. The van der Waals surface area contributed by atoms with Crippen LogP contribution in [0.15, 0.2) is 47.3 Å². The van der Waals surface area contributed by atoms with Gasteiger partial charge in [0, 0.05) is 17.5 Å². The van der Waals surface area contributed by atoms with E-state index < -0.39 is 17.4 Å². The summed E-state index contributed by atoms with van der Waals surface area (Å²) in [6.07, 6.45) is -4.14. The summed E-state index contributed by atoms with van der Waals surface area (Å²) in [4.78, 5) is 34.4. The van der Waals surface area contributed by atoms with Crippen molar-refractivity contribution in [3.8, 4) is 22.8 Å². The summed E-state index contributed by atoms with van der Waals surface area (Å²) in [5.74, 6) is -0.271. The summed E-state index contributed by atoms with van der Waals surface area (Å²) in [5, 5.41) is 0.297. The van der Waals surface area contributed by atoms with E-state index in [4.69, 9.17) is 16.3 Å². The molecule has 0 aliphatic heterocycles. The van der Waals surface area contributed by atoms with E-state index in [2.05, 4.69) is 15.0 Å². The first kappa shape index (κ1) is 23.5. The molecule has 168 valence electrons. The van der Waals surface area contributed by atoms with Crippen molar-refractivity contribution in [3.63, 3.8) is 0 Å². The zero-order valence-electron chi connectivity index (χ0n) is 17.2. The van der Waals surface area contributed by atoms with Crippen molar-refractivity contribution >= 4 is 17.6 Å². The van der Waals surface area contributed by atoms with Crippen molar-refractivity contribution in [2.24, 2.45) is 0 Å². The average molecular weight is 466 g/mol. The molecule has 0 saturated carbocycles. The molecule has 2 aromatic carbocycles. The Morgan fingerprint density at radius 3 is 2.44 bits per heavy atom. The fraction of sp³-hybridized carbons (Fsp3) is 0.273. The minimum absolute atomic E-state index is 0.0422. The molecule has 0 unspecified atom stereocenters. The van der Waals surface area contributed by atoms with Gasteiger partial charge < -0.3 is 4.74 Å². The number of ether oxygens (including phenoxy) is 1. The van der Waals surface area contributed by atoms with Crippen LogP contribution in [0.4, 0.5) is 13.2 Å². The Balaban J connectivity index is 1.91. The van der Waals surface area contributed by atoms with Crippen molar-refractivity contribution in [2.75, 3.05) is 0 Å². The lowest BCUT2D eigenvalue weighted by molar-refractivity contribution is -0.147. The van der Waals surface area contributed by atoms with Crippen molar-refractivity contribution in [3.05, 3.63) is 69.1 Å². The molecule has 0 radical (unpaired) electrons. The van der Waals surface area contributed by atoms with Crippen LogP contribution in [0, 0.1) is 0 Å². The first-order valence-corrected chi connectivity index (χ1v) is 10.0. The number of H-pyrrole nitrogens is 1. The summed E-state index contributed by atoms with van der Waals surface area (Å²) in [6, 6.07) is 9.20. The number of hydrogen-bond donors (Lipinski definition) is 1. The molecule has 1 aromatic heterocycles. The Morgan fingerprint density at radius 2 is 1.81 bits per heavy atom. The number of nitrogens with one attached hydrogen (secondary N) is 1. The van der Waals surface area contributed by atoms with E-state index in [1.165, 1.54) is 12.1 Å². The Bertz CT molecular complexity index is 1180. The smallest absolute Gasteiger partial charge is 0.416 e. The lowest BCUT2D eigenvalue weighted by atomic mass is 10.1. The van der Waals surface area contributed by atoms with Gasteiger partial charge in [0.25, 0.3) is 0 Å². The van der Waals surface area contributed by atoms with E-state index >= 15 is 0 Å². The minimum atomic E-state index is -4.48. The average Bonchev–Trinajstić information content (AvgIpc) is 2.71. The molecule has 6 nitrogen and oxygen atoms in total. The number of carbonyl (C=O) groups excluding carboxylic acids is 1. The van der Waals surface area contributed by atoms with E-state index in [1.807, 2.05) is 0 Å². The maximum absolute atomic E-state index is 12.8. The highest BCUT2D eigenvalue weighted by Gasteiger charge is 2.30. The predicted molar refractivity (Wildman–Crippen MR) is 113 cm³/mol. The van der Waals surface area contributed by atoms with Crippen LogP contribution in [0.25, 0.3) is 22.8 Å². The lowest BCUT2D eigenvalue weighted by Crippen LogP contribution is -2.15. The molecule has 0 bridgehead atoms. The largest absolute Gasteiger partial charge is 0.463 e. The Morgan fingerprint density at radius 1 is 1.12 bits per heavy atom. The van der Waals surface area contributed by atoms with Gasteiger partial charge in [0.1, 0.15) is 5.82 Å². The summed E-state index contributed by atoms with van der Waals surface area (Å²) in [6.45, 7) is 3.52. The molecule has 0 atom stereocenters. The molecule has 0 amide bonds. The quantitative estimate of drug-likeness (QED) is 0.514. The van der Waals surface area contributed by atoms with Crippen LogP contribution in [-0.2, 0) is 22.1 Å². The van der Waals surface area contributed by atoms with Crippen LogP contribution < -0.4 is 5.69 Å². The molecule has 0 fully saturated rings. The summed E-state index contributed by atoms with van der Waals surface area (Å²) >= 11 is 6.28. The Hall–Kier alpha value is -3.20. The first-order chi connectivity index (χ1) is 15.0. The zero-order chi connectivity index (χ0) is 23.5. The third-order valence-electron chi connectivity index (χ3n) is 4.39. The third kappa shape index (κ3) is 5.94. The molecule has 0 spiro atoms. The highest BCUT2D eigenvalue weighted by atomic mass is 35.5. The van der Waals surface area contributed by atoms with Crippen molar-refractivity contribution < 1.29 is 22.7 Å². The molecule has 10 heteroatoms. The molecule has 1 heterocycles. The number of hydrogen-bond acceptors (Lipinski definition) is 5. The van der Waals surface area contributed by atoms with Gasteiger partial charge in [-0.15, -0.1) is 0 Å². The molecule has 0 aliphatic carbocycles. The van der Waals surface area contributed by atoms with Crippen LogP contribution >= 0.6 is 11.6 Å². The number of aromatic nitrogens is 3. The van der Waals surface area contributed by atoms with Crippen LogP contribution in [0.2, 0.25) is 5.02 Å². The van der Waals surface area contributed by atoms with Gasteiger partial charge in [-0.1, -0.05) is 29.8 Å². The first-order valence-electron chi connectivity index (χ1n) is 9.67. The number of carbonyl (C=O) groups is 1.